The molecule has 0 saturated heterocycles. The molecule has 1 amide bonds. The summed E-state index contributed by atoms with van der Waals surface area (Å²) in [6.45, 7) is 1.67. The molecule has 1 aromatic carbocycles. The lowest BCUT2D eigenvalue weighted by Gasteiger charge is -2.24. The van der Waals surface area contributed by atoms with Gasteiger partial charge in [-0.1, -0.05) is 23.7 Å². The number of aromatic nitrogens is 4. The van der Waals surface area contributed by atoms with Gasteiger partial charge in [-0.3, -0.25) is 18.7 Å². The van der Waals surface area contributed by atoms with E-state index in [0.717, 1.165) is 10.1 Å². The van der Waals surface area contributed by atoms with E-state index < -0.39 is 23.3 Å². The number of hydrogen-bond acceptors (Lipinski definition) is 6. The molecule has 4 heterocycles. The summed E-state index contributed by atoms with van der Waals surface area (Å²) in [4.78, 5) is 43.0. The molecule has 174 valence electrons. The number of carbonyl (C=O) groups excluding carboxylic acids is 1. The molecule has 0 aliphatic carbocycles. The molecule has 0 saturated carbocycles. The molecule has 1 aliphatic rings. The quantitative estimate of drug-likeness (QED) is 0.446. The van der Waals surface area contributed by atoms with E-state index in [2.05, 4.69) is 10.1 Å². The molecule has 10 nitrogen and oxygen atoms in total. The zero-order valence-electron chi connectivity index (χ0n) is 18.7. The first-order valence-corrected chi connectivity index (χ1v) is 11.0. The number of furan rings is 1. The van der Waals surface area contributed by atoms with E-state index in [-0.39, 0.29) is 17.1 Å². The number of halogens is 1. The number of fused-ring (bicyclic) bond motifs is 1. The van der Waals surface area contributed by atoms with Gasteiger partial charge >= 0.3 is 5.69 Å². The summed E-state index contributed by atoms with van der Waals surface area (Å²) < 4.78 is 9.36. The molecule has 0 bridgehead atoms. The fourth-order valence-electron chi connectivity index (χ4n) is 4.20. The summed E-state index contributed by atoms with van der Waals surface area (Å²) in [6, 6.07) is 9.54. The Morgan fingerprint density at radius 1 is 1.15 bits per heavy atom. The third-order valence-corrected chi connectivity index (χ3v) is 6.39. The maximum Gasteiger partial charge on any atom is 0.332 e. The van der Waals surface area contributed by atoms with Crippen LogP contribution < -0.4 is 11.2 Å². The van der Waals surface area contributed by atoms with E-state index >= 15 is 0 Å². The highest BCUT2D eigenvalue weighted by Gasteiger charge is 2.37. The molecule has 0 spiro atoms. The first-order chi connectivity index (χ1) is 16.3. The maximum atomic E-state index is 13.7. The monoisotopic (exact) mass is 480 g/mol. The molecule has 0 unspecified atom stereocenters. The van der Waals surface area contributed by atoms with Crippen LogP contribution in [0.25, 0.3) is 11.2 Å². The maximum absolute atomic E-state index is 13.7. The molecule has 0 fully saturated rings. The van der Waals surface area contributed by atoms with Gasteiger partial charge < -0.3 is 8.98 Å². The third-order valence-electron chi connectivity index (χ3n) is 6.13. The number of carbonyl (C=O) groups is 1. The summed E-state index contributed by atoms with van der Waals surface area (Å²) in [5, 5.41) is 6.63. The Morgan fingerprint density at radius 2 is 1.88 bits per heavy atom. The number of hydrogen-bond donors (Lipinski definition) is 0. The summed E-state index contributed by atoms with van der Waals surface area (Å²) in [6.07, 6.45) is 3.40. The first-order valence-electron chi connectivity index (χ1n) is 10.6. The van der Waals surface area contributed by atoms with Crippen molar-refractivity contribution in [2.75, 3.05) is 0 Å². The van der Waals surface area contributed by atoms with Crippen LogP contribution in [0.3, 0.4) is 0 Å². The van der Waals surface area contributed by atoms with Crippen LogP contribution in [0.15, 0.2) is 68.1 Å². The minimum Gasteiger partial charge on any atom is -0.467 e. The molecule has 2 atom stereocenters. The van der Waals surface area contributed by atoms with E-state index in [0.29, 0.717) is 22.9 Å². The number of amides is 1. The molecule has 34 heavy (non-hydrogen) atoms. The predicted octanol–water partition coefficient (Wildman–Crippen LogP) is 2.62. The molecule has 0 radical (unpaired) electrons. The lowest BCUT2D eigenvalue weighted by molar-refractivity contribution is -0.136. The van der Waals surface area contributed by atoms with Crippen LogP contribution in [0.5, 0.6) is 0 Å². The topological polar surface area (TPSA) is 108 Å². The van der Waals surface area contributed by atoms with Crippen LogP contribution in [0.1, 0.15) is 36.8 Å². The van der Waals surface area contributed by atoms with Gasteiger partial charge in [-0.2, -0.15) is 5.10 Å². The fraction of sp³-hybridized carbons (Fsp3) is 0.261. The van der Waals surface area contributed by atoms with Gasteiger partial charge in [0.1, 0.15) is 17.8 Å². The summed E-state index contributed by atoms with van der Waals surface area (Å²) in [7, 11) is 2.92. The van der Waals surface area contributed by atoms with Crippen molar-refractivity contribution in [2.45, 2.75) is 25.4 Å². The van der Waals surface area contributed by atoms with Crippen LogP contribution in [-0.2, 0) is 18.9 Å². The predicted molar refractivity (Wildman–Crippen MR) is 126 cm³/mol. The molecule has 11 heteroatoms. The summed E-state index contributed by atoms with van der Waals surface area (Å²) in [5.41, 5.74) is 0.928. The highest BCUT2D eigenvalue weighted by Crippen LogP contribution is 2.35. The highest BCUT2D eigenvalue weighted by molar-refractivity contribution is 6.30. The molecule has 0 N–H and O–H groups in total. The molecular weight excluding hydrogens is 460 g/mol. The number of hydrazone groups is 1. The smallest absolute Gasteiger partial charge is 0.332 e. The Balaban J connectivity index is 1.57. The Bertz CT molecular complexity index is 1550. The van der Waals surface area contributed by atoms with Gasteiger partial charge in [0.2, 0.25) is 0 Å². The number of aryl methyl sites for hydroxylation is 1. The van der Waals surface area contributed by atoms with Crippen molar-refractivity contribution in [3.8, 4) is 0 Å². The van der Waals surface area contributed by atoms with Crippen LogP contribution in [-0.4, -0.2) is 35.3 Å². The van der Waals surface area contributed by atoms with Gasteiger partial charge in [-0.05, 0) is 36.8 Å². The van der Waals surface area contributed by atoms with Crippen molar-refractivity contribution in [2.24, 2.45) is 19.2 Å². The second kappa shape index (κ2) is 8.14. The average Bonchev–Trinajstić information content (AvgIpc) is 3.59. The minimum absolute atomic E-state index is 0.168. The zero-order chi connectivity index (χ0) is 24.1. The van der Waals surface area contributed by atoms with Crippen LogP contribution in [0, 0.1) is 0 Å². The van der Waals surface area contributed by atoms with Crippen molar-refractivity contribution >= 4 is 34.4 Å². The van der Waals surface area contributed by atoms with Crippen LogP contribution in [0.4, 0.5) is 0 Å². The fourth-order valence-corrected chi connectivity index (χ4v) is 4.33. The van der Waals surface area contributed by atoms with E-state index in [1.807, 2.05) is 12.1 Å². The number of nitrogens with zero attached hydrogens (tertiary/aromatic N) is 6. The normalized spacial score (nSPS) is 16.8. The first kappa shape index (κ1) is 21.9. The molecule has 3 aromatic heterocycles. The Labute approximate surface area is 198 Å². The number of benzene rings is 1. The molecule has 5 rings (SSSR count). The Kier molecular flexibility index (Phi) is 5.24. The second-order valence-corrected chi connectivity index (χ2v) is 8.61. The van der Waals surface area contributed by atoms with Gasteiger partial charge in [0.25, 0.3) is 11.5 Å². The van der Waals surface area contributed by atoms with Crippen molar-refractivity contribution < 1.29 is 9.21 Å². The van der Waals surface area contributed by atoms with Gasteiger partial charge in [0, 0.05) is 25.5 Å². The van der Waals surface area contributed by atoms with E-state index in [4.69, 9.17) is 16.0 Å². The van der Waals surface area contributed by atoms with Crippen molar-refractivity contribution in [1.29, 1.82) is 0 Å². The van der Waals surface area contributed by atoms with Gasteiger partial charge in [0.15, 0.2) is 11.2 Å². The summed E-state index contributed by atoms with van der Waals surface area (Å²) in [5.74, 6) is 0.252. The molecule has 4 aromatic rings. The number of imidazole rings is 1. The lowest BCUT2D eigenvalue weighted by Crippen LogP contribution is -2.39. The highest BCUT2D eigenvalue weighted by atomic mass is 35.5. The SMILES string of the molecule is C[C@@H](C(=O)N1N=C(c2ccc(Cl)cc2)C[C@H]1c1ccco1)n1cnc2c1c(=O)n(C)c(=O)n2C. The summed E-state index contributed by atoms with van der Waals surface area (Å²) >= 11 is 6.02. The number of rotatable bonds is 4. The van der Waals surface area contributed by atoms with Gasteiger partial charge in [0.05, 0.1) is 18.3 Å². The van der Waals surface area contributed by atoms with Crippen molar-refractivity contribution in [1.82, 2.24) is 23.7 Å². The average molecular weight is 481 g/mol. The van der Waals surface area contributed by atoms with Crippen LogP contribution >= 0.6 is 11.6 Å². The molecule has 1 aliphatic heterocycles. The van der Waals surface area contributed by atoms with Gasteiger partial charge in [-0.15, -0.1) is 0 Å². The van der Waals surface area contributed by atoms with E-state index in [9.17, 15) is 14.4 Å². The standard InChI is InChI=1S/C23H21ClN6O4/c1-13(29-12-25-20-19(29)22(32)28(3)23(33)27(20)2)21(31)30-17(18-5-4-10-34-18)11-16(26-30)14-6-8-15(24)9-7-14/h4-10,12-13,17H,11H2,1-3H3/t13-,17-/m0/s1. The van der Waals surface area contributed by atoms with E-state index in [1.165, 1.54) is 34.6 Å². The van der Waals surface area contributed by atoms with Gasteiger partial charge in [-0.25, -0.2) is 14.8 Å². The van der Waals surface area contributed by atoms with E-state index in [1.54, 1.807) is 37.5 Å². The Hall–Kier alpha value is -3.92. The zero-order valence-corrected chi connectivity index (χ0v) is 19.4. The minimum atomic E-state index is -0.819. The Morgan fingerprint density at radius 3 is 2.56 bits per heavy atom. The van der Waals surface area contributed by atoms with Crippen LogP contribution in [0.2, 0.25) is 5.02 Å². The lowest BCUT2D eigenvalue weighted by atomic mass is 10.0. The largest absolute Gasteiger partial charge is 0.467 e. The third kappa shape index (κ3) is 3.38. The van der Waals surface area contributed by atoms with Crippen molar-refractivity contribution in [3.05, 3.63) is 86.2 Å². The molecular formula is C23H21ClN6O4. The second-order valence-electron chi connectivity index (χ2n) is 8.18. The van der Waals surface area contributed by atoms with Crippen molar-refractivity contribution in [3.63, 3.8) is 0 Å².